The minimum Gasteiger partial charge on any atom is -0.309 e. The number of hydrogen-bond acceptors (Lipinski definition) is 1. The van der Waals surface area contributed by atoms with Crippen LogP contribution in [0.25, 0.3) is 0 Å². The zero-order valence-electron chi connectivity index (χ0n) is 10.6. The van der Waals surface area contributed by atoms with Crippen molar-refractivity contribution in [1.29, 1.82) is 0 Å². The molecule has 0 saturated carbocycles. The van der Waals surface area contributed by atoms with E-state index >= 15 is 0 Å². The normalized spacial score (nSPS) is 28.3. The van der Waals surface area contributed by atoms with Gasteiger partial charge in [0, 0.05) is 18.2 Å². The SMILES string of the molecule is F[C]1C=C(C(F)(F)F)C=C=C1C1CCC(C(F)(F)F)CN1. The van der Waals surface area contributed by atoms with Crippen LogP contribution in [0, 0.1) is 12.1 Å². The first-order valence-electron chi connectivity index (χ1n) is 6.17. The monoisotopic (exact) mass is 314 g/mol. The van der Waals surface area contributed by atoms with Crippen LogP contribution in [0.2, 0.25) is 0 Å². The molecular formula is C13H11F7N. The molecule has 1 N–H and O–H groups in total. The van der Waals surface area contributed by atoms with E-state index in [-0.39, 0.29) is 25.0 Å². The van der Waals surface area contributed by atoms with Crippen LogP contribution in [0.1, 0.15) is 12.8 Å². The van der Waals surface area contributed by atoms with Gasteiger partial charge in [-0.3, -0.25) is 0 Å². The molecular weight excluding hydrogens is 303 g/mol. The average Bonchev–Trinajstić information content (AvgIpc) is 2.36. The molecule has 1 aliphatic heterocycles. The number of halogens is 7. The minimum absolute atomic E-state index is 0.0110. The Morgan fingerprint density at radius 3 is 2.19 bits per heavy atom. The Balaban J connectivity index is 2.07. The highest BCUT2D eigenvalue weighted by Crippen LogP contribution is 2.37. The van der Waals surface area contributed by atoms with Crippen molar-refractivity contribution in [3.05, 3.63) is 35.2 Å². The molecule has 0 spiro atoms. The molecule has 1 fully saturated rings. The third-order valence-corrected chi connectivity index (χ3v) is 3.48. The Kier molecular flexibility index (Phi) is 4.22. The van der Waals surface area contributed by atoms with Crippen molar-refractivity contribution in [3.8, 4) is 0 Å². The highest BCUT2D eigenvalue weighted by atomic mass is 19.4. The van der Waals surface area contributed by atoms with Crippen molar-refractivity contribution in [1.82, 2.24) is 5.32 Å². The van der Waals surface area contributed by atoms with Crippen LogP contribution in [0.4, 0.5) is 30.7 Å². The zero-order chi connectivity index (χ0) is 15.8. The number of allylic oxidation sites excluding steroid dienone is 2. The lowest BCUT2D eigenvalue weighted by atomic mass is 9.87. The lowest BCUT2D eigenvalue weighted by molar-refractivity contribution is -0.179. The quantitative estimate of drug-likeness (QED) is 0.570. The fraction of sp³-hybridized carbons (Fsp3) is 0.538. The van der Waals surface area contributed by atoms with Gasteiger partial charge >= 0.3 is 12.4 Å². The summed E-state index contributed by atoms with van der Waals surface area (Å²) >= 11 is 0. The highest BCUT2D eigenvalue weighted by Gasteiger charge is 2.43. The average molecular weight is 314 g/mol. The van der Waals surface area contributed by atoms with E-state index in [2.05, 4.69) is 11.0 Å². The van der Waals surface area contributed by atoms with Crippen LogP contribution in [-0.4, -0.2) is 24.9 Å². The standard InChI is InChI=1S/C13H11F7N/c14-10-5-7(12(15,16)17)1-3-9(10)11-4-2-8(6-21-11)13(18,19)20/h1,5,8,11,21H,2,4,6H2. The van der Waals surface area contributed by atoms with Gasteiger partial charge in [0.05, 0.1) is 11.5 Å². The summed E-state index contributed by atoms with van der Waals surface area (Å²) in [5.74, 6) is -1.52. The second-order valence-electron chi connectivity index (χ2n) is 4.92. The molecule has 0 amide bonds. The molecule has 0 aromatic rings. The van der Waals surface area contributed by atoms with Gasteiger partial charge in [-0.15, -0.1) is 5.73 Å². The van der Waals surface area contributed by atoms with Crippen molar-refractivity contribution in [2.75, 3.05) is 6.54 Å². The summed E-state index contributed by atoms with van der Waals surface area (Å²) < 4.78 is 88.4. The number of piperidine rings is 1. The van der Waals surface area contributed by atoms with E-state index in [1.54, 1.807) is 0 Å². The summed E-state index contributed by atoms with van der Waals surface area (Å²) in [5.41, 5.74) is 0.860. The molecule has 21 heavy (non-hydrogen) atoms. The number of rotatable bonds is 1. The summed E-state index contributed by atoms with van der Waals surface area (Å²) in [6.45, 7) is -0.386. The Bertz CT molecular complexity index is 486. The van der Waals surface area contributed by atoms with Crippen LogP contribution in [0.5, 0.6) is 0 Å². The first kappa shape index (κ1) is 16.1. The molecule has 8 heteroatoms. The van der Waals surface area contributed by atoms with Gasteiger partial charge in [-0.1, -0.05) is 0 Å². The molecule has 1 heterocycles. The van der Waals surface area contributed by atoms with E-state index in [9.17, 15) is 30.7 Å². The highest BCUT2D eigenvalue weighted by molar-refractivity contribution is 5.43. The molecule has 1 saturated heterocycles. The van der Waals surface area contributed by atoms with E-state index in [0.717, 1.165) is 0 Å². The summed E-state index contributed by atoms with van der Waals surface area (Å²) in [7, 11) is 0. The zero-order valence-corrected chi connectivity index (χ0v) is 10.6. The van der Waals surface area contributed by atoms with Crippen LogP contribution in [-0.2, 0) is 0 Å². The lowest BCUT2D eigenvalue weighted by Gasteiger charge is -2.32. The maximum atomic E-state index is 13.7. The second-order valence-corrected chi connectivity index (χ2v) is 4.92. The van der Waals surface area contributed by atoms with Crippen LogP contribution >= 0.6 is 0 Å². The Labute approximate surface area is 116 Å². The predicted octanol–water partition coefficient (Wildman–Crippen LogP) is 4.00. The first-order valence-corrected chi connectivity index (χ1v) is 6.17. The topological polar surface area (TPSA) is 12.0 Å². The third-order valence-electron chi connectivity index (χ3n) is 3.48. The van der Waals surface area contributed by atoms with Crippen LogP contribution < -0.4 is 5.32 Å². The van der Waals surface area contributed by atoms with E-state index in [1.165, 1.54) is 0 Å². The van der Waals surface area contributed by atoms with Crippen molar-refractivity contribution in [2.45, 2.75) is 31.2 Å². The first-order chi connectivity index (χ1) is 9.59. The van der Waals surface area contributed by atoms with E-state index in [0.29, 0.717) is 12.2 Å². The van der Waals surface area contributed by atoms with Gasteiger partial charge in [0.15, 0.2) is 0 Å². The van der Waals surface area contributed by atoms with Crippen molar-refractivity contribution in [2.24, 2.45) is 5.92 Å². The molecule has 2 unspecified atom stereocenters. The maximum absolute atomic E-state index is 13.7. The van der Waals surface area contributed by atoms with E-state index in [1.807, 2.05) is 0 Å². The maximum Gasteiger partial charge on any atom is 0.416 e. The Morgan fingerprint density at radius 1 is 1.10 bits per heavy atom. The van der Waals surface area contributed by atoms with E-state index < -0.39 is 36.1 Å². The van der Waals surface area contributed by atoms with Gasteiger partial charge in [-0.05, 0) is 25.0 Å². The summed E-state index contributed by atoms with van der Waals surface area (Å²) in [6.07, 6.45) is -9.40. The van der Waals surface area contributed by atoms with Gasteiger partial charge in [0.1, 0.15) is 0 Å². The number of hydrogen-bond donors (Lipinski definition) is 1. The third kappa shape index (κ3) is 3.68. The van der Waals surface area contributed by atoms with Gasteiger partial charge in [0.25, 0.3) is 0 Å². The molecule has 2 aliphatic rings. The molecule has 1 radical (unpaired) electrons. The van der Waals surface area contributed by atoms with Crippen molar-refractivity contribution < 1.29 is 30.7 Å². The molecule has 1 nitrogen and oxygen atoms in total. The van der Waals surface area contributed by atoms with Crippen LogP contribution in [0.15, 0.2) is 29.0 Å². The molecule has 1 aliphatic carbocycles. The Morgan fingerprint density at radius 2 is 1.76 bits per heavy atom. The van der Waals surface area contributed by atoms with Crippen molar-refractivity contribution >= 4 is 0 Å². The molecule has 2 rings (SSSR count). The largest absolute Gasteiger partial charge is 0.416 e. The smallest absolute Gasteiger partial charge is 0.309 e. The molecule has 117 valence electrons. The Hall–Kier alpha value is -1.27. The summed E-state index contributed by atoms with van der Waals surface area (Å²) in [5, 5.41) is 2.52. The molecule has 0 aromatic heterocycles. The molecule has 0 bridgehead atoms. The summed E-state index contributed by atoms with van der Waals surface area (Å²) in [6, 6.07) is -0.758. The van der Waals surface area contributed by atoms with Gasteiger partial charge in [0.2, 0.25) is 6.17 Å². The minimum atomic E-state index is -4.68. The number of alkyl halides is 6. The van der Waals surface area contributed by atoms with Gasteiger partial charge in [-0.2, -0.15) is 26.3 Å². The predicted molar refractivity (Wildman–Crippen MR) is 60.7 cm³/mol. The fourth-order valence-corrected chi connectivity index (χ4v) is 2.29. The second kappa shape index (κ2) is 5.50. The lowest BCUT2D eigenvalue weighted by Crippen LogP contribution is -2.45. The molecule has 0 aromatic carbocycles. The van der Waals surface area contributed by atoms with Gasteiger partial charge < -0.3 is 5.32 Å². The van der Waals surface area contributed by atoms with Crippen molar-refractivity contribution in [3.63, 3.8) is 0 Å². The van der Waals surface area contributed by atoms with E-state index in [4.69, 9.17) is 0 Å². The number of nitrogens with one attached hydrogen (secondary N) is 1. The fourth-order valence-electron chi connectivity index (χ4n) is 2.29. The van der Waals surface area contributed by atoms with Crippen LogP contribution in [0.3, 0.4) is 0 Å². The molecule has 2 atom stereocenters. The summed E-state index contributed by atoms with van der Waals surface area (Å²) in [4.78, 5) is 0. The van der Waals surface area contributed by atoms with Gasteiger partial charge in [-0.25, -0.2) is 4.39 Å².